The van der Waals surface area contributed by atoms with Gasteiger partial charge in [-0.3, -0.25) is 0 Å². The van der Waals surface area contributed by atoms with Crippen LogP contribution in [0.2, 0.25) is 5.02 Å². The second kappa shape index (κ2) is 6.60. The number of ether oxygens (including phenoxy) is 1. The highest BCUT2D eigenvalue weighted by Gasteiger charge is 2.12. The Labute approximate surface area is 119 Å². The summed E-state index contributed by atoms with van der Waals surface area (Å²) in [4.78, 5) is 0. The molecule has 0 spiro atoms. The van der Waals surface area contributed by atoms with Crippen LogP contribution in [0.5, 0.6) is 5.75 Å². The van der Waals surface area contributed by atoms with Gasteiger partial charge in [0.25, 0.3) is 0 Å². The van der Waals surface area contributed by atoms with E-state index in [1.54, 1.807) is 7.11 Å². The van der Waals surface area contributed by atoms with Gasteiger partial charge in [-0.2, -0.15) is 0 Å². The molecule has 0 bridgehead atoms. The summed E-state index contributed by atoms with van der Waals surface area (Å²) >= 11 is 6.25. The Morgan fingerprint density at radius 2 is 1.79 bits per heavy atom. The van der Waals surface area contributed by atoms with Crippen LogP contribution in [0.15, 0.2) is 48.5 Å². The summed E-state index contributed by atoms with van der Waals surface area (Å²) < 4.78 is 5.17. The van der Waals surface area contributed by atoms with Crippen molar-refractivity contribution < 1.29 is 4.74 Å². The van der Waals surface area contributed by atoms with Crippen molar-refractivity contribution in [1.82, 2.24) is 5.32 Å². The molecule has 0 fully saturated rings. The molecule has 0 aromatic heterocycles. The SMILES string of the molecule is CNC(Cc1ccc(OC)cc1)c1ccccc1Cl. The quantitative estimate of drug-likeness (QED) is 0.895. The molecule has 100 valence electrons. The molecule has 2 aromatic carbocycles. The second-order valence-electron chi connectivity index (χ2n) is 4.41. The van der Waals surface area contributed by atoms with Gasteiger partial charge in [0.1, 0.15) is 5.75 Å². The fraction of sp³-hybridized carbons (Fsp3) is 0.250. The van der Waals surface area contributed by atoms with Crippen LogP contribution in [-0.4, -0.2) is 14.2 Å². The number of hydrogen-bond donors (Lipinski definition) is 1. The summed E-state index contributed by atoms with van der Waals surface area (Å²) in [7, 11) is 3.63. The molecular weight excluding hydrogens is 258 g/mol. The van der Waals surface area contributed by atoms with E-state index in [2.05, 4.69) is 23.5 Å². The lowest BCUT2D eigenvalue weighted by Crippen LogP contribution is -2.19. The van der Waals surface area contributed by atoms with E-state index in [0.717, 1.165) is 22.8 Å². The summed E-state index contributed by atoms with van der Waals surface area (Å²) in [6, 6.07) is 16.3. The highest BCUT2D eigenvalue weighted by Crippen LogP contribution is 2.25. The summed E-state index contributed by atoms with van der Waals surface area (Å²) in [5.41, 5.74) is 2.38. The number of rotatable bonds is 5. The van der Waals surface area contributed by atoms with Crippen LogP contribution < -0.4 is 10.1 Å². The fourth-order valence-corrected chi connectivity index (χ4v) is 2.39. The Balaban J connectivity index is 2.17. The third kappa shape index (κ3) is 3.49. The second-order valence-corrected chi connectivity index (χ2v) is 4.82. The zero-order valence-corrected chi connectivity index (χ0v) is 11.9. The third-order valence-corrected chi connectivity index (χ3v) is 3.57. The summed E-state index contributed by atoms with van der Waals surface area (Å²) in [5, 5.41) is 4.12. The van der Waals surface area contributed by atoms with Crippen molar-refractivity contribution in [2.45, 2.75) is 12.5 Å². The molecule has 1 N–H and O–H groups in total. The zero-order valence-electron chi connectivity index (χ0n) is 11.2. The predicted octanol–water partition coefficient (Wildman–Crippen LogP) is 3.85. The van der Waals surface area contributed by atoms with E-state index in [4.69, 9.17) is 16.3 Å². The van der Waals surface area contributed by atoms with Crippen molar-refractivity contribution in [3.05, 3.63) is 64.7 Å². The van der Waals surface area contributed by atoms with Gasteiger partial charge in [0.2, 0.25) is 0 Å². The average molecular weight is 276 g/mol. The Morgan fingerprint density at radius 3 is 2.37 bits per heavy atom. The summed E-state index contributed by atoms with van der Waals surface area (Å²) in [6.07, 6.45) is 0.893. The first kappa shape index (κ1) is 13.9. The van der Waals surface area contributed by atoms with Crippen LogP contribution in [-0.2, 0) is 6.42 Å². The highest BCUT2D eigenvalue weighted by molar-refractivity contribution is 6.31. The van der Waals surface area contributed by atoms with E-state index in [1.807, 2.05) is 37.4 Å². The van der Waals surface area contributed by atoms with Gasteiger partial charge in [-0.15, -0.1) is 0 Å². The maximum atomic E-state index is 6.25. The molecule has 0 radical (unpaired) electrons. The van der Waals surface area contributed by atoms with Crippen molar-refractivity contribution in [2.24, 2.45) is 0 Å². The van der Waals surface area contributed by atoms with Gasteiger partial charge in [-0.1, -0.05) is 41.9 Å². The standard InChI is InChI=1S/C16H18ClNO/c1-18-16(14-5-3-4-6-15(14)17)11-12-7-9-13(19-2)10-8-12/h3-10,16,18H,11H2,1-2H3. The monoisotopic (exact) mass is 275 g/mol. The number of benzene rings is 2. The third-order valence-electron chi connectivity index (χ3n) is 3.23. The normalized spacial score (nSPS) is 12.2. The van der Waals surface area contributed by atoms with Crippen molar-refractivity contribution in [2.75, 3.05) is 14.2 Å². The first-order valence-corrected chi connectivity index (χ1v) is 6.67. The number of nitrogens with one attached hydrogen (secondary N) is 1. The molecule has 0 aliphatic heterocycles. The molecule has 2 aromatic rings. The first-order chi connectivity index (χ1) is 9.24. The molecule has 0 aliphatic carbocycles. The molecule has 2 rings (SSSR count). The van der Waals surface area contributed by atoms with Gasteiger partial charge in [0.15, 0.2) is 0 Å². The van der Waals surface area contributed by atoms with Crippen LogP contribution in [0, 0.1) is 0 Å². The van der Waals surface area contributed by atoms with E-state index in [1.165, 1.54) is 5.56 Å². The summed E-state index contributed by atoms with van der Waals surface area (Å²) in [5.74, 6) is 0.877. The van der Waals surface area contributed by atoms with E-state index < -0.39 is 0 Å². The van der Waals surface area contributed by atoms with Crippen LogP contribution in [0.1, 0.15) is 17.2 Å². The minimum absolute atomic E-state index is 0.210. The minimum atomic E-state index is 0.210. The zero-order chi connectivity index (χ0) is 13.7. The van der Waals surface area contributed by atoms with Gasteiger partial charge >= 0.3 is 0 Å². The maximum absolute atomic E-state index is 6.25. The smallest absolute Gasteiger partial charge is 0.118 e. The number of hydrogen-bond acceptors (Lipinski definition) is 2. The van der Waals surface area contributed by atoms with Crippen molar-refractivity contribution in [3.63, 3.8) is 0 Å². The van der Waals surface area contributed by atoms with E-state index in [-0.39, 0.29) is 6.04 Å². The van der Waals surface area contributed by atoms with Crippen molar-refractivity contribution >= 4 is 11.6 Å². The number of methoxy groups -OCH3 is 1. The Bertz CT molecular complexity index is 525. The van der Waals surface area contributed by atoms with Gasteiger partial charge in [0, 0.05) is 11.1 Å². The van der Waals surface area contributed by atoms with Crippen molar-refractivity contribution in [1.29, 1.82) is 0 Å². The first-order valence-electron chi connectivity index (χ1n) is 6.29. The molecule has 1 atom stereocenters. The van der Waals surface area contributed by atoms with Crippen LogP contribution in [0.25, 0.3) is 0 Å². The lowest BCUT2D eigenvalue weighted by molar-refractivity contribution is 0.414. The Morgan fingerprint density at radius 1 is 1.11 bits per heavy atom. The predicted molar refractivity (Wildman–Crippen MR) is 80.0 cm³/mol. The fourth-order valence-electron chi connectivity index (χ4n) is 2.12. The number of likely N-dealkylation sites (N-methyl/N-ethyl adjacent to an activating group) is 1. The topological polar surface area (TPSA) is 21.3 Å². The van der Waals surface area contributed by atoms with Crippen LogP contribution >= 0.6 is 11.6 Å². The molecule has 3 heteroatoms. The highest BCUT2D eigenvalue weighted by atomic mass is 35.5. The molecule has 0 heterocycles. The molecule has 0 saturated heterocycles. The molecule has 2 nitrogen and oxygen atoms in total. The Hall–Kier alpha value is -1.51. The maximum Gasteiger partial charge on any atom is 0.118 e. The molecule has 0 aliphatic rings. The number of halogens is 1. The van der Waals surface area contributed by atoms with Gasteiger partial charge in [-0.05, 0) is 42.8 Å². The molecule has 0 amide bonds. The van der Waals surface area contributed by atoms with Crippen LogP contribution in [0.3, 0.4) is 0 Å². The molecule has 0 saturated carbocycles. The van der Waals surface area contributed by atoms with Crippen LogP contribution in [0.4, 0.5) is 0 Å². The molecular formula is C16H18ClNO. The lowest BCUT2D eigenvalue weighted by atomic mass is 9.99. The molecule has 19 heavy (non-hydrogen) atoms. The van der Waals surface area contributed by atoms with Gasteiger partial charge in [0.05, 0.1) is 7.11 Å². The van der Waals surface area contributed by atoms with Gasteiger partial charge in [-0.25, -0.2) is 0 Å². The van der Waals surface area contributed by atoms with E-state index in [9.17, 15) is 0 Å². The summed E-state index contributed by atoms with van der Waals surface area (Å²) in [6.45, 7) is 0. The average Bonchev–Trinajstić information content (AvgIpc) is 2.46. The minimum Gasteiger partial charge on any atom is -0.497 e. The van der Waals surface area contributed by atoms with Crippen molar-refractivity contribution in [3.8, 4) is 5.75 Å². The Kier molecular flexibility index (Phi) is 4.83. The molecule has 1 unspecified atom stereocenters. The van der Waals surface area contributed by atoms with E-state index >= 15 is 0 Å². The van der Waals surface area contributed by atoms with Gasteiger partial charge < -0.3 is 10.1 Å². The van der Waals surface area contributed by atoms with E-state index in [0.29, 0.717) is 0 Å². The largest absolute Gasteiger partial charge is 0.497 e. The lowest BCUT2D eigenvalue weighted by Gasteiger charge is -2.18.